The van der Waals surface area contributed by atoms with Gasteiger partial charge in [0.05, 0.1) is 31.9 Å². The molecule has 1 saturated heterocycles. The third kappa shape index (κ3) is 6.08. The second-order valence-electron chi connectivity index (χ2n) is 9.59. The van der Waals surface area contributed by atoms with E-state index in [9.17, 15) is 14.0 Å². The molecule has 3 heterocycles. The summed E-state index contributed by atoms with van der Waals surface area (Å²) in [5.74, 6) is -1.77. The van der Waals surface area contributed by atoms with E-state index in [1.807, 2.05) is 6.92 Å². The summed E-state index contributed by atoms with van der Waals surface area (Å²) in [6.07, 6.45) is 3.29. The van der Waals surface area contributed by atoms with Gasteiger partial charge in [-0.1, -0.05) is 25.5 Å². The molecule has 1 atom stereocenters. The number of carbonyl (C=O) groups excluding carboxylic acids is 1. The van der Waals surface area contributed by atoms with Crippen LogP contribution in [0.1, 0.15) is 62.0 Å². The van der Waals surface area contributed by atoms with Gasteiger partial charge in [0, 0.05) is 17.1 Å². The molecule has 38 heavy (non-hydrogen) atoms. The standard InChI is InChI=1S/C28H32BrFN2O6/c1-5-7-12-36-25-21(27(34)35-6-2)26(33)32(15-20-16-37-28(3,4)38-20)24-22(29)18(14-31-23(24)25)13-17-8-10-19(30)11-9-17/h8-11,14,20H,5-7,12-13,15-16H2,1-4H3/t20-/m0/s1. The highest BCUT2D eigenvalue weighted by molar-refractivity contribution is 9.10. The van der Waals surface area contributed by atoms with Crippen molar-refractivity contribution in [3.05, 3.63) is 67.8 Å². The molecule has 4 rings (SSSR count). The topological polar surface area (TPSA) is 88.9 Å². The third-order valence-electron chi connectivity index (χ3n) is 6.22. The van der Waals surface area contributed by atoms with Crippen LogP contribution in [0.25, 0.3) is 11.0 Å². The predicted molar refractivity (Wildman–Crippen MR) is 144 cm³/mol. The molecule has 0 N–H and O–H groups in total. The molecule has 8 nitrogen and oxygen atoms in total. The Balaban J connectivity index is 1.92. The SMILES string of the molecule is CCCCOc1c(C(=O)OCC)c(=O)n(C[C@H]2COC(C)(C)O2)c2c(Br)c(Cc3ccc(F)cc3)cnc12. The van der Waals surface area contributed by atoms with Crippen molar-refractivity contribution in [3.8, 4) is 5.75 Å². The first-order chi connectivity index (χ1) is 18.1. The van der Waals surface area contributed by atoms with E-state index in [-0.39, 0.29) is 36.9 Å². The minimum absolute atomic E-state index is 0.103. The zero-order valence-electron chi connectivity index (χ0n) is 22.0. The van der Waals surface area contributed by atoms with Gasteiger partial charge in [-0.3, -0.25) is 9.78 Å². The van der Waals surface area contributed by atoms with Gasteiger partial charge < -0.3 is 23.5 Å². The number of pyridine rings is 2. The Bertz CT molecular complexity index is 1370. The highest BCUT2D eigenvalue weighted by Crippen LogP contribution is 2.35. The van der Waals surface area contributed by atoms with Crippen LogP contribution in [0, 0.1) is 5.82 Å². The molecule has 0 unspecified atom stereocenters. The van der Waals surface area contributed by atoms with Crippen LogP contribution in [0.3, 0.4) is 0 Å². The number of unbranched alkanes of at least 4 members (excludes halogenated alkanes) is 1. The second kappa shape index (κ2) is 11.9. The fourth-order valence-electron chi connectivity index (χ4n) is 4.40. The molecule has 10 heteroatoms. The van der Waals surface area contributed by atoms with Crippen LogP contribution in [0.5, 0.6) is 5.75 Å². The van der Waals surface area contributed by atoms with Crippen molar-refractivity contribution < 1.29 is 28.1 Å². The van der Waals surface area contributed by atoms with E-state index in [2.05, 4.69) is 20.9 Å². The quantitative estimate of drug-likeness (QED) is 0.231. The zero-order chi connectivity index (χ0) is 27.4. The van der Waals surface area contributed by atoms with Gasteiger partial charge in [-0.15, -0.1) is 0 Å². The first-order valence-corrected chi connectivity index (χ1v) is 13.5. The maximum absolute atomic E-state index is 14.0. The van der Waals surface area contributed by atoms with Crippen molar-refractivity contribution in [3.63, 3.8) is 0 Å². The zero-order valence-corrected chi connectivity index (χ0v) is 23.6. The number of fused-ring (bicyclic) bond motifs is 1. The van der Waals surface area contributed by atoms with Crippen LogP contribution in [-0.2, 0) is 27.2 Å². The van der Waals surface area contributed by atoms with Crippen molar-refractivity contribution >= 4 is 32.9 Å². The molecule has 0 bridgehead atoms. The Morgan fingerprint density at radius 3 is 2.63 bits per heavy atom. The van der Waals surface area contributed by atoms with Gasteiger partial charge in [0.1, 0.15) is 17.4 Å². The Morgan fingerprint density at radius 2 is 2.00 bits per heavy atom. The van der Waals surface area contributed by atoms with E-state index >= 15 is 0 Å². The summed E-state index contributed by atoms with van der Waals surface area (Å²) in [5.41, 5.74) is 1.74. The molecule has 1 aromatic carbocycles. The fourth-order valence-corrected chi connectivity index (χ4v) is 5.04. The van der Waals surface area contributed by atoms with Crippen molar-refractivity contribution in [1.29, 1.82) is 0 Å². The van der Waals surface area contributed by atoms with Crippen LogP contribution < -0.4 is 10.3 Å². The summed E-state index contributed by atoms with van der Waals surface area (Å²) >= 11 is 3.70. The van der Waals surface area contributed by atoms with Crippen molar-refractivity contribution in [2.75, 3.05) is 19.8 Å². The van der Waals surface area contributed by atoms with E-state index in [0.717, 1.165) is 24.0 Å². The first-order valence-electron chi connectivity index (χ1n) is 12.7. The third-order valence-corrected chi connectivity index (χ3v) is 7.10. The smallest absolute Gasteiger partial charge is 0.347 e. The van der Waals surface area contributed by atoms with E-state index in [0.29, 0.717) is 28.5 Å². The molecule has 3 aromatic rings. The lowest BCUT2D eigenvalue weighted by Gasteiger charge is -2.21. The number of esters is 1. The fraction of sp³-hybridized carbons (Fsp3) is 0.464. The number of benzene rings is 1. The minimum atomic E-state index is -0.791. The summed E-state index contributed by atoms with van der Waals surface area (Å²) in [6.45, 7) is 8.14. The second-order valence-corrected chi connectivity index (χ2v) is 10.4. The van der Waals surface area contributed by atoms with Gasteiger partial charge in [-0.05, 0) is 66.4 Å². The molecule has 0 aliphatic carbocycles. The summed E-state index contributed by atoms with van der Waals surface area (Å²) in [7, 11) is 0. The average Bonchev–Trinajstić information content (AvgIpc) is 3.22. The Kier molecular flexibility index (Phi) is 8.85. The molecule has 0 spiro atoms. The number of ether oxygens (including phenoxy) is 4. The molecule has 1 aliphatic rings. The highest BCUT2D eigenvalue weighted by atomic mass is 79.9. The maximum Gasteiger partial charge on any atom is 0.347 e. The molecular formula is C28H32BrFN2O6. The van der Waals surface area contributed by atoms with Gasteiger partial charge in [-0.2, -0.15) is 0 Å². The van der Waals surface area contributed by atoms with Gasteiger partial charge in [0.25, 0.3) is 5.56 Å². The Morgan fingerprint density at radius 1 is 1.26 bits per heavy atom. The minimum Gasteiger partial charge on any atom is -0.490 e. The van der Waals surface area contributed by atoms with E-state index < -0.39 is 23.4 Å². The number of aromatic nitrogens is 2. The summed E-state index contributed by atoms with van der Waals surface area (Å²) in [5, 5.41) is 0. The first kappa shape index (κ1) is 28.2. The molecule has 2 aromatic heterocycles. The van der Waals surface area contributed by atoms with E-state index in [1.54, 1.807) is 39.1 Å². The van der Waals surface area contributed by atoms with Crippen LogP contribution >= 0.6 is 15.9 Å². The lowest BCUT2D eigenvalue weighted by atomic mass is 10.0. The molecule has 0 saturated carbocycles. The van der Waals surface area contributed by atoms with Gasteiger partial charge in [0.15, 0.2) is 17.1 Å². The number of halogens is 2. The Hall–Kier alpha value is -2.82. The largest absolute Gasteiger partial charge is 0.490 e. The van der Waals surface area contributed by atoms with E-state index in [1.165, 1.54) is 16.7 Å². The van der Waals surface area contributed by atoms with Gasteiger partial charge in [-0.25, -0.2) is 9.18 Å². The Labute approximate surface area is 229 Å². The van der Waals surface area contributed by atoms with Crippen molar-refractivity contribution in [2.45, 2.75) is 65.4 Å². The lowest BCUT2D eigenvalue weighted by molar-refractivity contribution is -0.139. The highest BCUT2D eigenvalue weighted by Gasteiger charge is 2.35. The normalized spacial score (nSPS) is 16.6. The molecule has 1 fully saturated rings. The lowest BCUT2D eigenvalue weighted by Crippen LogP contribution is -2.34. The monoisotopic (exact) mass is 590 g/mol. The molecular weight excluding hydrogens is 559 g/mol. The van der Waals surface area contributed by atoms with Crippen LogP contribution in [0.4, 0.5) is 4.39 Å². The molecule has 1 aliphatic heterocycles. The summed E-state index contributed by atoms with van der Waals surface area (Å²) < 4.78 is 38.5. The van der Waals surface area contributed by atoms with Gasteiger partial charge in [0.2, 0.25) is 0 Å². The van der Waals surface area contributed by atoms with Gasteiger partial charge >= 0.3 is 5.97 Å². The number of carbonyl (C=O) groups is 1. The summed E-state index contributed by atoms with van der Waals surface area (Å²) in [4.78, 5) is 31.7. The number of rotatable bonds is 10. The van der Waals surface area contributed by atoms with Crippen LogP contribution in [0.2, 0.25) is 0 Å². The van der Waals surface area contributed by atoms with Crippen molar-refractivity contribution in [2.24, 2.45) is 0 Å². The van der Waals surface area contributed by atoms with Crippen LogP contribution in [-0.4, -0.2) is 47.2 Å². The van der Waals surface area contributed by atoms with Crippen molar-refractivity contribution in [1.82, 2.24) is 9.55 Å². The average molecular weight is 591 g/mol. The molecule has 204 valence electrons. The molecule has 0 amide bonds. The maximum atomic E-state index is 14.0. The number of nitrogens with zero attached hydrogens (tertiary/aromatic N) is 2. The predicted octanol–water partition coefficient (Wildman–Crippen LogP) is 5.40. The van der Waals surface area contributed by atoms with Crippen LogP contribution in [0.15, 0.2) is 39.7 Å². The molecule has 0 radical (unpaired) electrons. The number of hydrogen-bond donors (Lipinski definition) is 0. The number of hydrogen-bond acceptors (Lipinski definition) is 7. The van der Waals surface area contributed by atoms with E-state index in [4.69, 9.17) is 18.9 Å². The summed E-state index contributed by atoms with van der Waals surface area (Å²) in [6, 6.07) is 6.21.